The van der Waals surface area contributed by atoms with E-state index in [2.05, 4.69) is 5.10 Å². The van der Waals surface area contributed by atoms with Crippen LogP contribution in [0.3, 0.4) is 0 Å². The average molecular weight is 387 g/mol. The number of hydrogen-bond donors (Lipinski definition) is 1. The summed E-state index contributed by atoms with van der Waals surface area (Å²) in [6.07, 6.45) is -0.161. The molecule has 0 radical (unpaired) electrons. The van der Waals surface area contributed by atoms with Gasteiger partial charge in [0.05, 0.1) is 25.3 Å². The van der Waals surface area contributed by atoms with Gasteiger partial charge in [0.1, 0.15) is 16.5 Å². The minimum Gasteiger partial charge on any atom is -0.496 e. The van der Waals surface area contributed by atoms with Crippen LogP contribution in [-0.2, 0) is 6.54 Å². The topological polar surface area (TPSA) is 73.6 Å². The van der Waals surface area contributed by atoms with Gasteiger partial charge >= 0.3 is 5.97 Å². The lowest BCUT2D eigenvalue weighted by Crippen LogP contribution is -2.06. The van der Waals surface area contributed by atoms with Crippen molar-refractivity contribution >= 4 is 17.6 Å². The molecular formula is C17H17ClF2N2O4. The third-order valence-electron chi connectivity index (χ3n) is 4.23. The second-order valence-electron chi connectivity index (χ2n) is 5.97. The maximum absolute atomic E-state index is 12.9. The number of benzene rings is 1. The van der Waals surface area contributed by atoms with E-state index in [1.807, 2.05) is 0 Å². The van der Waals surface area contributed by atoms with Crippen LogP contribution in [0.1, 0.15) is 23.8 Å². The van der Waals surface area contributed by atoms with Crippen LogP contribution in [0.4, 0.5) is 8.78 Å². The molecule has 0 amide bonds. The number of aryl methyl sites for hydroxylation is 1. The molecule has 1 aliphatic rings. The Labute approximate surface area is 153 Å². The van der Waals surface area contributed by atoms with E-state index in [0.29, 0.717) is 29.3 Å². The summed E-state index contributed by atoms with van der Waals surface area (Å²) < 4.78 is 38.1. The Morgan fingerprint density at radius 1 is 1.50 bits per heavy atom. The summed E-state index contributed by atoms with van der Waals surface area (Å²) in [5, 5.41) is 13.2. The lowest BCUT2D eigenvalue weighted by Gasteiger charge is -2.13. The van der Waals surface area contributed by atoms with Gasteiger partial charge in [-0.1, -0.05) is 11.6 Å². The number of alkyl halides is 2. The van der Waals surface area contributed by atoms with Crippen molar-refractivity contribution in [3.05, 3.63) is 28.9 Å². The number of halogens is 3. The number of carboxylic acids is 1. The SMILES string of the molecule is CCn1nc(C(=O)O)c(Cl)c1-c1ccc(OCC2CC2(F)F)cc1OC. The third-order valence-corrected chi connectivity index (χ3v) is 4.59. The Balaban J connectivity index is 1.92. The van der Waals surface area contributed by atoms with E-state index in [-0.39, 0.29) is 23.7 Å². The first kappa shape index (κ1) is 18.4. The molecule has 0 spiro atoms. The monoisotopic (exact) mass is 386 g/mol. The van der Waals surface area contributed by atoms with Crippen LogP contribution in [0.25, 0.3) is 11.3 Å². The molecule has 1 aliphatic carbocycles. The number of carboxylic acid groups (broad SMARTS) is 1. The van der Waals surface area contributed by atoms with E-state index >= 15 is 0 Å². The van der Waals surface area contributed by atoms with Gasteiger partial charge in [-0.05, 0) is 19.1 Å². The van der Waals surface area contributed by atoms with Crippen LogP contribution in [0.5, 0.6) is 11.5 Å². The van der Waals surface area contributed by atoms with Gasteiger partial charge in [0.2, 0.25) is 0 Å². The lowest BCUT2D eigenvalue weighted by atomic mass is 10.1. The molecule has 2 aromatic rings. The molecule has 6 nitrogen and oxygen atoms in total. The Morgan fingerprint density at radius 3 is 2.73 bits per heavy atom. The van der Waals surface area contributed by atoms with E-state index in [9.17, 15) is 18.7 Å². The van der Waals surface area contributed by atoms with Gasteiger partial charge in [0.15, 0.2) is 5.69 Å². The number of hydrogen-bond acceptors (Lipinski definition) is 4. The number of nitrogens with zero attached hydrogens (tertiary/aromatic N) is 2. The highest BCUT2D eigenvalue weighted by atomic mass is 35.5. The van der Waals surface area contributed by atoms with E-state index < -0.39 is 17.8 Å². The fourth-order valence-electron chi connectivity index (χ4n) is 2.67. The van der Waals surface area contributed by atoms with Crippen molar-refractivity contribution in [3.8, 4) is 22.8 Å². The second kappa shape index (κ2) is 6.75. The lowest BCUT2D eigenvalue weighted by molar-refractivity contribution is 0.0689. The zero-order chi connectivity index (χ0) is 19.1. The average Bonchev–Trinajstić information content (AvgIpc) is 3.07. The minimum absolute atomic E-state index is 0.00365. The molecule has 3 rings (SSSR count). The molecule has 0 aliphatic heterocycles. The maximum Gasteiger partial charge on any atom is 0.358 e. The summed E-state index contributed by atoms with van der Waals surface area (Å²) >= 11 is 6.21. The third kappa shape index (κ3) is 3.33. The summed E-state index contributed by atoms with van der Waals surface area (Å²) in [6.45, 7) is 2.13. The fraction of sp³-hybridized carbons (Fsp3) is 0.412. The first-order valence-electron chi connectivity index (χ1n) is 7.97. The molecule has 26 heavy (non-hydrogen) atoms. The first-order chi connectivity index (χ1) is 12.3. The zero-order valence-electron chi connectivity index (χ0n) is 14.1. The Hall–Kier alpha value is -2.35. The number of aromatic nitrogens is 2. The summed E-state index contributed by atoms with van der Waals surface area (Å²) in [7, 11) is 1.44. The molecule has 140 valence electrons. The predicted molar refractivity (Wildman–Crippen MR) is 90.4 cm³/mol. The van der Waals surface area contributed by atoms with Gasteiger partial charge in [-0.15, -0.1) is 0 Å². The normalized spacial score (nSPS) is 17.8. The van der Waals surface area contributed by atoms with Gasteiger partial charge in [0.25, 0.3) is 5.92 Å². The number of aromatic carboxylic acids is 1. The molecule has 1 atom stereocenters. The molecule has 1 aromatic heterocycles. The number of carbonyl (C=O) groups is 1. The van der Waals surface area contributed by atoms with E-state index in [1.54, 1.807) is 25.1 Å². The minimum atomic E-state index is -2.64. The van der Waals surface area contributed by atoms with Gasteiger partial charge in [0, 0.05) is 24.6 Å². The first-order valence-corrected chi connectivity index (χ1v) is 8.35. The Bertz CT molecular complexity index is 854. The van der Waals surface area contributed by atoms with Gasteiger partial charge in [-0.3, -0.25) is 4.68 Å². The molecular weight excluding hydrogens is 370 g/mol. The predicted octanol–water partition coefficient (Wildman–Crippen LogP) is 3.96. The molecule has 1 unspecified atom stereocenters. The fourth-order valence-corrected chi connectivity index (χ4v) is 2.99. The molecule has 1 saturated carbocycles. The van der Waals surface area contributed by atoms with Crippen LogP contribution in [0, 0.1) is 5.92 Å². The molecule has 9 heteroatoms. The standard InChI is InChI=1S/C17H17ClF2N2O4/c1-3-22-15(13(18)14(21-22)16(23)24)11-5-4-10(6-12(11)25-2)26-8-9-7-17(9,19)20/h4-6,9H,3,7-8H2,1-2H3,(H,23,24). The number of methoxy groups -OCH3 is 1. The maximum atomic E-state index is 12.9. The van der Waals surface area contributed by atoms with Crippen molar-refractivity contribution in [2.75, 3.05) is 13.7 Å². The highest BCUT2D eigenvalue weighted by Gasteiger charge is 2.57. The van der Waals surface area contributed by atoms with Gasteiger partial charge in [-0.2, -0.15) is 5.10 Å². The van der Waals surface area contributed by atoms with Crippen LogP contribution in [0.2, 0.25) is 5.02 Å². The van der Waals surface area contributed by atoms with Crippen LogP contribution in [0.15, 0.2) is 18.2 Å². The quantitative estimate of drug-likeness (QED) is 0.779. The highest BCUT2D eigenvalue weighted by molar-refractivity contribution is 6.35. The number of rotatable bonds is 7. The van der Waals surface area contributed by atoms with E-state index in [1.165, 1.54) is 11.8 Å². The molecule has 1 aromatic carbocycles. The number of ether oxygens (including phenoxy) is 2. The second-order valence-corrected chi connectivity index (χ2v) is 6.35. The molecule has 1 N–H and O–H groups in total. The van der Waals surface area contributed by atoms with E-state index in [4.69, 9.17) is 21.1 Å². The zero-order valence-corrected chi connectivity index (χ0v) is 14.9. The largest absolute Gasteiger partial charge is 0.496 e. The molecule has 0 saturated heterocycles. The molecule has 0 bridgehead atoms. The molecule has 1 heterocycles. The van der Waals surface area contributed by atoms with Gasteiger partial charge < -0.3 is 14.6 Å². The Kier molecular flexibility index (Phi) is 4.79. The van der Waals surface area contributed by atoms with Crippen molar-refractivity contribution in [1.82, 2.24) is 9.78 Å². The summed E-state index contributed by atoms with van der Waals surface area (Å²) in [6, 6.07) is 4.79. The van der Waals surface area contributed by atoms with Crippen molar-refractivity contribution in [2.45, 2.75) is 25.8 Å². The van der Waals surface area contributed by atoms with Crippen molar-refractivity contribution in [1.29, 1.82) is 0 Å². The van der Waals surface area contributed by atoms with Gasteiger partial charge in [-0.25, -0.2) is 13.6 Å². The van der Waals surface area contributed by atoms with Crippen molar-refractivity contribution < 1.29 is 28.2 Å². The van der Waals surface area contributed by atoms with Crippen molar-refractivity contribution in [2.24, 2.45) is 5.92 Å². The van der Waals surface area contributed by atoms with E-state index in [0.717, 1.165) is 0 Å². The smallest absolute Gasteiger partial charge is 0.358 e. The van der Waals surface area contributed by atoms with Crippen LogP contribution >= 0.6 is 11.6 Å². The Morgan fingerprint density at radius 2 is 2.19 bits per heavy atom. The summed E-state index contributed by atoms with van der Waals surface area (Å²) in [5.41, 5.74) is 0.689. The summed E-state index contributed by atoms with van der Waals surface area (Å²) in [5.74, 6) is -3.88. The highest BCUT2D eigenvalue weighted by Crippen LogP contribution is 2.48. The summed E-state index contributed by atoms with van der Waals surface area (Å²) in [4.78, 5) is 11.3. The van der Waals surface area contributed by atoms with Crippen LogP contribution < -0.4 is 9.47 Å². The molecule has 1 fully saturated rings. The van der Waals surface area contributed by atoms with Crippen molar-refractivity contribution in [3.63, 3.8) is 0 Å². The van der Waals surface area contributed by atoms with Crippen LogP contribution in [-0.4, -0.2) is 40.5 Å².